The fraction of sp³-hybridized carbons (Fsp3) is 0.562. The lowest BCUT2D eigenvalue weighted by molar-refractivity contribution is 0.0471. The van der Waals surface area contributed by atoms with Crippen molar-refractivity contribution in [1.82, 2.24) is 9.38 Å². The summed E-state index contributed by atoms with van der Waals surface area (Å²) in [5.41, 5.74) is 2.10. The van der Waals surface area contributed by atoms with Gasteiger partial charge in [-0.2, -0.15) is 0 Å². The van der Waals surface area contributed by atoms with Crippen LogP contribution in [0.2, 0.25) is 0 Å². The molecular formula is C16H22N2O. The van der Waals surface area contributed by atoms with E-state index in [1.807, 2.05) is 24.4 Å². The van der Waals surface area contributed by atoms with Gasteiger partial charge in [-0.05, 0) is 49.7 Å². The molecular weight excluding hydrogens is 236 g/mol. The van der Waals surface area contributed by atoms with Crippen LogP contribution in [0.3, 0.4) is 0 Å². The van der Waals surface area contributed by atoms with Gasteiger partial charge in [0.15, 0.2) is 0 Å². The Hall–Kier alpha value is -1.35. The molecule has 0 radical (unpaired) electrons. The number of nitrogens with zero attached hydrogens (tertiary/aromatic N) is 2. The molecule has 1 N–H and O–H groups in total. The van der Waals surface area contributed by atoms with Gasteiger partial charge in [0, 0.05) is 12.4 Å². The smallest absolute Gasteiger partial charge is 0.136 e. The highest BCUT2D eigenvalue weighted by Crippen LogP contribution is 2.33. The van der Waals surface area contributed by atoms with Crippen LogP contribution in [0.15, 0.2) is 30.6 Å². The molecule has 0 saturated heterocycles. The first-order valence-electron chi connectivity index (χ1n) is 7.37. The summed E-state index contributed by atoms with van der Waals surface area (Å²) in [6.07, 6.45) is 9.39. The van der Waals surface area contributed by atoms with E-state index in [-0.39, 0.29) is 6.10 Å². The average molecular weight is 258 g/mol. The van der Waals surface area contributed by atoms with Gasteiger partial charge in [0.05, 0.1) is 11.8 Å². The van der Waals surface area contributed by atoms with Crippen LogP contribution in [-0.2, 0) is 6.42 Å². The number of imidazole rings is 1. The molecule has 0 bridgehead atoms. The Morgan fingerprint density at radius 2 is 2.26 bits per heavy atom. The van der Waals surface area contributed by atoms with Gasteiger partial charge < -0.3 is 9.51 Å². The van der Waals surface area contributed by atoms with E-state index in [2.05, 4.69) is 22.5 Å². The van der Waals surface area contributed by atoms with Crippen LogP contribution >= 0.6 is 0 Å². The Balaban J connectivity index is 1.75. The van der Waals surface area contributed by atoms with Gasteiger partial charge in [-0.15, -0.1) is 0 Å². The Bertz CT molecular complexity index is 515. The molecule has 0 spiro atoms. The lowest BCUT2D eigenvalue weighted by Gasteiger charge is -2.32. The third kappa shape index (κ3) is 2.66. The van der Waals surface area contributed by atoms with E-state index in [1.54, 1.807) is 0 Å². The van der Waals surface area contributed by atoms with Gasteiger partial charge in [0.1, 0.15) is 5.65 Å². The van der Waals surface area contributed by atoms with Crippen LogP contribution in [0.4, 0.5) is 0 Å². The number of aliphatic hydroxyl groups is 1. The molecule has 2 aromatic heterocycles. The summed E-state index contributed by atoms with van der Waals surface area (Å²) in [4.78, 5) is 4.64. The van der Waals surface area contributed by atoms with Crippen LogP contribution in [0, 0.1) is 11.8 Å². The van der Waals surface area contributed by atoms with Gasteiger partial charge in [0.25, 0.3) is 0 Å². The fourth-order valence-corrected chi connectivity index (χ4v) is 3.29. The largest absolute Gasteiger partial charge is 0.393 e. The van der Waals surface area contributed by atoms with E-state index >= 15 is 0 Å². The summed E-state index contributed by atoms with van der Waals surface area (Å²) in [6.45, 7) is 2.25. The molecule has 1 aliphatic rings. The first-order chi connectivity index (χ1) is 9.26. The third-order valence-corrected chi connectivity index (χ3v) is 4.51. The number of fused-ring (bicyclic) bond motifs is 1. The van der Waals surface area contributed by atoms with Gasteiger partial charge in [-0.1, -0.05) is 19.4 Å². The van der Waals surface area contributed by atoms with Crippen LogP contribution in [-0.4, -0.2) is 20.6 Å². The van der Waals surface area contributed by atoms with Crippen molar-refractivity contribution in [2.24, 2.45) is 11.8 Å². The molecule has 3 atom stereocenters. The molecule has 1 fully saturated rings. The summed E-state index contributed by atoms with van der Waals surface area (Å²) in [6, 6.07) is 6.05. The van der Waals surface area contributed by atoms with Crippen molar-refractivity contribution in [3.8, 4) is 0 Å². The molecule has 102 valence electrons. The average Bonchev–Trinajstić information content (AvgIpc) is 2.83. The summed E-state index contributed by atoms with van der Waals surface area (Å²) >= 11 is 0. The molecule has 0 aromatic carbocycles. The van der Waals surface area contributed by atoms with Crippen LogP contribution in [0.1, 0.15) is 38.3 Å². The van der Waals surface area contributed by atoms with E-state index < -0.39 is 0 Å². The van der Waals surface area contributed by atoms with Crippen molar-refractivity contribution < 1.29 is 5.11 Å². The first kappa shape index (κ1) is 12.7. The zero-order chi connectivity index (χ0) is 13.2. The minimum atomic E-state index is -0.146. The zero-order valence-electron chi connectivity index (χ0n) is 11.5. The summed E-state index contributed by atoms with van der Waals surface area (Å²) in [7, 11) is 0. The quantitative estimate of drug-likeness (QED) is 0.918. The molecule has 2 heterocycles. The second-order valence-corrected chi connectivity index (χ2v) is 5.82. The second kappa shape index (κ2) is 5.33. The van der Waals surface area contributed by atoms with E-state index in [0.29, 0.717) is 5.92 Å². The summed E-state index contributed by atoms with van der Waals surface area (Å²) < 4.78 is 2.06. The summed E-state index contributed by atoms with van der Waals surface area (Å²) in [5, 5.41) is 10.2. The molecule has 0 amide bonds. The third-order valence-electron chi connectivity index (χ3n) is 4.51. The predicted molar refractivity (Wildman–Crippen MR) is 76.0 cm³/mol. The number of aromatic nitrogens is 2. The van der Waals surface area contributed by atoms with Crippen molar-refractivity contribution in [1.29, 1.82) is 0 Å². The predicted octanol–water partition coefficient (Wildman–Crippen LogP) is 3.06. The standard InChI is InChI=1S/C16H22N2O/c1-2-12-6-7-15(19)13(9-12)10-14-11-18-8-4-3-5-16(18)17-14/h3-5,8,11-13,15,19H,2,6-7,9-10H2,1H3. The van der Waals surface area contributed by atoms with Crippen LogP contribution in [0.5, 0.6) is 0 Å². The highest BCUT2D eigenvalue weighted by Gasteiger charge is 2.28. The molecule has 1 aliphatic carbocycles. The Morgan fingerprint density at radius 1 is 1.37 bits per heavy atom. The van der Waals surface area contributed by atoms with Gasteiger partial charge in [-0.25, -0.2) is 4.98 Å². The summed E-state index contributed by atoms with van der Waals surface area (Å²) in [5.74, 6) is 1.16. The lowest BCUT2D eigenvalue weighted by atomic mass is 9.76. The SMILES string of the molecule is CCC1CCC(O)C(Cc2cn3ccccc3n2)C1. The van der Waals surface area contributed by atoms with E-state index in [0.717, 1.165) is 36.5 Å². The highest BCUT2D eigenvalue weighted by molar-refractivity contribution is 5.39. The minimum absolute atomic E-state index is 0.146. The molecule has 3 nitrogen and oxygen atoms in total. The maximum absolute atomic E-state index is 10.2. The normalized spacial score (nSPS) is 27.8. The Labute approximate surface area is 114 Å². The number of pyridine rings is 1. The number of aliphatic hydroxyl groups excluding tert-OH is 1. The molecule has 2 aromatic rings. The van der Waals surface area contributed by atoms with E-state index in [4.69, 9.17) is 0 Å². The maximum atomic E-state index is 10.2. The molecule has 3 heteroatoms. The first-order valence-corrected chi connectivity index (χ1v) is 7.37. The van der Waals surface area contributed by atoms with Gasteiger partial charge >= 0.3 is 0 Å². The van der Waals surface area contributed by atoms with Crippen LogP contribution < -0.4 is 0 Å². The Morgan fingerprint density at radius 3 is 3.05 bits per heavy atom. The van der Waals surface area contributed by atoms with Gasteiger partial charge in [-0.3, -0.25) is 0 Å². The van der Waals surface area contributed by atoms with Crippen molar-refractivity contribution in [2.75, 3.05) is 0 Å². The number of rotatable bonds is 3. The molecule has 3 unspecified atom stereocenters. The molecule has 3 rings (SSSR count). The highest BCUT2D eigenvalue weighted by atomic mass is 16.3. The maximum Gasteiger partial charge on any atom is 0.136 e. The van der Waals surface area contributed by atoms with E-state index in [9.17, 15) is 5.11 Å². The van der Waals surface area contributed by atoms with E-state index in [1.165, 1.54) is 12.8 Å². The van der Waals surface area contributed by atoms with Crippen molar-refractivity contribution >= 4 is 5.65 Å². The molecule has 19 heavy (non-hydrogen) atoms. The minimum Gasteiger partial charge on any atom is -0.393 e. The van der Waals surface area contributed by atoms with Crippen molar-refractivity contribution in [3.05, 3.63) is 36.3 Å². The fourth-order valence-electron chi connectivity index (χ4n) is 3.29. The molecule has 1 saturated carbocycles. The monoisotopic (exact) mass is 258 g/mol. The Kier molecular flexibility index (Phi) is 3.56. The number of hydrogen-bond acceptors (Lipinski definition) is 2. The topological polar surface area (TPSA) is 37.5 Å². The molecule has 0 aliphatic heterocycles. The van der Waals surface area contributed by atoms with Crippen molar-refractivity contribution in [3.63, 3.8) is 0 Å². The van der Waals surface area contributed by atoms with Crippen LogP contribution in [0.25, 0.3) is 5.65 Å². The second-order valence-electron chi connectivity index (χ2n) is 5.82. The zero-order valence-corrected chi connectivity index (χ0v) is 11.5. The lowest BCUT2D eigenvalue weighted by Crippen LogP contribution is -2.30. The van der Waals surface area contributed by atoms with Crippen molar-refractivity contribution in [2.45, 2.75) is 45.1 Å². The number of hydrogen-bond donors (Lipinski definition) is 1. The van der Waals surface area contributed by atoms with Gasteiger partial charge in [0.2, 0.25) is 0 Å².